The van der Waals surface area contributed by atoms with Crippen LogP contribution in [-0.2, 0) is 6.54 Å². The number of hydrogen-bond acceptors (Lipinski definition) is 4. The number of aryl methyl sites for hydroxylation is 1. The molecule has 1 aromatic heterocycles. The summed E-state index contributed by atoms with van der Waals surface area (Å²) in [5.74, 6) is 0. The molecule has 0 fully saturated rings. The maximum Gasteiger partial charge on any atom is 0.269 e. The van der Waals surface area contributed by atoms with Gasteiger partial charge in [0.05, 0.1) is 4.92 Å². The van der Waals surface area contributed by atoms with Gasteiger partial charge < -0.3 is 5.32 Å². The van der Waals surface area contributed by atoms with Gasteiger partial charge in [-0.15, -0.1) is 0 Å². The van der Waals surface area contributed by atoms with E-state index in [9.17, 15) is 10.1 Å². The third kappa shape index (κ3) is 3.04. The monoisotopic (exact) mass is 243 g/mol. The molecule has 18 heavy (non-hydrogen) atoms. The Morgan fingerprint density at radius 2 is 1.94 bits per heavy atom. The zero-order valence-electron chi connectivity index (χ0n) is 9.96. The topological polar surface area (TPSA) is 68.1 Å². The van der Waals surface area contributed by atoms with Crippen molar-refractivity contribution in [3.63, 3.8) is 0 Å². The molecule has 0 aliphatic heterocycles. The molecule has 1 aromatic carbocycles. The first-order chi connectivity index (χ1) is 8.65. The fourth-order valence-corrected chi connectivity index (χ4v) is 1.51. The van der Waals surface area contributed by atoms with Gasteiger partial charge in [0.1, 0.15) is 0 Å². The van der Waals surface area contributed by atoms with Crippen LogP contribution in [0.4, 0.5) is 11.4 Å². The van der Waals surface area contributed by atoms with Gasteiger partial charge in [0, 0.05) is 36.3 Å². The van der Waals surface area contributed by atoms with E-state index in [1.54, 1.807) is 12.1 Å². The molecule has 0 saturated carbocycles. The molecule has 0 amide bonds. The van der Waals surface area contributed by atoms with Crippen molar-refractivity contribution in [3.8, 4) is 0 Å². The number of hydrogen-bond donors (Lipinski definition) is 1. The van der Waals surface area contributed by atoms with Gasteiger partial charge in [-0.05, 0) is 30.7 Å². The number of nitro benzene ring substituents is 1. The van der Waals surface area contributed by atoms with E-state index in [2.05, 4.69) is 10.3 Å². The largest absolute Gasteiger partial charge is 0.381 e. The number of benzene rings is 1. The molecule has 5 nitrogen and oxygen atoms in total. The van der Waals surface area contributed by atoms with E-state index >= 15 is 0 Å². The molecule has 0 saturated heterocycles. The second-order valence-electron chi connectivity index (χ2n) is 3.97. The smallest absolute Gasteiger partial charge is 0.269 e. The third-order valence-corrected chi connectivity index (χ3v) is 2.55. The molecular formula is C13H13N3O2. The van der Waals surface area contributed by atoms with Crippen LogP contribution in [0.1, 0.15) is 11.3 Å². The van der Waals surface area contributed by atoms with Crippen LogP contribution in [0, 0.1) is 17.0 Å². The molecule has 0 unspecified atom stereocenters. The van der Waals surface area contributed by atoms with Crippen LogP contribution in [0.5, 0.6) is 0 Å². The molecule has 0 aliphatic rings. The van der Waals surface area contributed by atoms with Gasteiger partial charge in [0.15, 0.2) is 0 Å². The van der Waals surface area contributed by atoms with E-state index in [0.29, 0.717) is 6.54 Å². The molecule has 92 valence electrons. The van der Waals surface area contributed by atoms with Gasteiger partial charge in [-0.3, -0.25) is 15.1 Å². The van der Waals surface area contributed by atoms with E-state index in [1.807, 2.05) is 25.3 Å². The quantitative estimate of drug-likeness (QED) is 0.662. The highest BCUT2D eigenvalue weighted by molar-refractivity contribution is 5.48. The van der Waals surface area contributed by atoms with Crippen molar-refractivity contribution in [2.45, 2.75) is 13.5 Å². The number of rotatable bonds is 4. The first-order valence-corrected chi connectivity index (χ1v) is 5.55. The summed E-state index contributed by atoms with van der Waals surface area (Å²) in [7, 11) is 0. The summed E-state index contributed by atoms with van der Waals surface area (Å²) >= 11 is 0. The number of nitrogens with one attached hydrogen (secondary N) is 1. The summed E-state index contributed by atoms with van der Waals surface area (Å²) in [5.41, 5.74) is 2.99. The summed E-state index contributed by atoms with van der Waals surface area (Å²) < 4.78 is 0. The lowest BCUT2D eigenvalue weighted by Gasteiger charge is -2.06. The highest BCUT2D eigenvalue weighted by atomic mass is 16.6. The van der Waals surface area contributed by atoms with Crippen LogP contribution in [-0.4, -0.2) is 9.91 Å². The fourth-order valence-electron chi connectivity index (χ4n) is 1.51. The van der Waals surface area contributed by atoms with Gasteiger partial charge in [-0.2, -0.15) is 0 Å². The highest BCUT2D eigenvalue weighted by Crippen LogP contribution is 2.16. The first kappa shape index (κ1) is 12.0. The molecular weight excluding hydrogens is 230 g/mol. The van der Waals surface area contributed by atoms with Crippen molar-refractivity contribution < 1.29 is 4.92 Å². The zero-order chi connectivity index (χ0) is 13.0. The van der Waals surface area contributed by atoms with Crippen LogP contribution in [0.2, 0.25) is 0 Å². The SMILES string of the molecule is Cc1ccc(CNc2ccc([N+](=O)[O-])cc2)cn1. The zero-order valence-corrected chi connectivity index (χ0v) is 9.96. The van der Waals surface area contributed by atoms with Gasteiger partial charge >= 0.3 is 0 Å². The van der Waals surface area contributed by atoms with Crippen LogP contribution in [0.15, 0.2) is 42.6 Å². The minimum Gasteiger partial charge on any atom is -0.381 e. The predicted octanol–water partition coefficient (Wildman–Crippen LogP) is 2.91. The summed E-state index contributed by atoms with van der Waals surface area (Å²) in [6.45, 7) is 2.58. The Balaban J connectivity index is 1.97. The second-order valence-corrected chi connectivity index (χ2v) is 3.97. The third-order valence-electron chi connectivity index (χ3n) is 2.55. The van der Waals surface area contributed by atoms with Crippen molar-refractivity contribution >= 4 is 11.4 Å². The summed E-state index contributed by atoms with van der Waals surface area (Å²) in [6.07, 6.45) is 1.81. The predicted molar refractivity (Wildman–Crippen MR) is 69.4 cm³/mol. The fraction of sp³-hybridized carbons (Fsp3) is 0.154. The Kier molecular flexibility index (Phi) is 3.52. The van der Waals surface area contributed by atoms with E-state index in [4.69, 9.17) is 0 Å². The van der Waals surface area contributed by atoms with Crippen LogP contribution < -0.4 is 5.32 Å². The molecule has 0 atom stereocenters. The van der Waals surface area contributed by atoms with Crippen LogP contribution in [0.25, 0.3) is 0 Å². The average Bonchev–Trinajstić information content (AvgIpc) is 2.38. The van der Waals surface area contributed by atoms with Crippen molar-refractivity contribution in [2.75, 3.05) is 5.32 Å². The number of anilines is 1. The van der Waals surface area contributed by atoms with Gasteiger partial charge in [0.2, 0.25) is 0 Å². The second kappa shape index (κ2) is 5.27. The van der Waals surface area contributed by atoms with Crippen molar-refractivity contribution in [2.24, 2.45) is 0 Å². The number of nitrogens with zero attached hydrogens (tertiary/aromatic N) is 2. The Morgan fingerprint density at radius 1 is 1.22 bits per heavy atom. The lowest BCUT2D eigenvalue weighted by atomic mass is 10.2. The van der Waals surface area contributed by atoms with Gasteiger partial charge in [-0.25, -0.2) is 0 Å². The van der Waals surface area contributed by atoms with E-state index in [0.717, 1.165) is 16.9 Å². The summed E-state index contributed by atoms with van der Waals surface area (Å²) in [5, 5.41) is 13.7. The van der Waals surface area contributed by atoms with Crippen molar-refractivity contribution in [1.82, 2.24) is 4.98 Å². The lowest BCUT2D eigenvalue weighted by molar-refractivity contribution is -0.384. The van der Waals surface area contributed by atoms with Crippen LogP contribution >= 0.6 is 0 Å². The Bertz CT molecular complexity index is 535. The van der Waals surface area contributed by atoms with E-state index < -0.39 is 4.92 Å². The molecule has 1 heterocycles. The molecule has 0 radical (unpaired) electrons. The molecule has 2 aromatic rings. The molecule has 1 N–H and O–H groups in total. The first-order valence-electron chi connectivity index (χ1n) is 5.55. The average molecular weight is 243 g/mol. The Morgan fingerprint density at radius 3 is 2.50 bits per heavy atom. The Labute approximate surface area is 105 Å². The van der Waals surface area contributed by atoms with Crippen LogP contribution in [0.3, 0.4) is 0 Å². The van der Waals surface area contributed by atoms with E-state index in [-0.39, 0.29) is 5.69 Å². The molecule has 0 bridgehead atoms. The van der Waals surface area contributed by atoms with E-state index in [1.165, 1.54) is 12.1 Å². The molecule has 0 aliphatic carbocycles. The number of nitro groups is 1. The summed E-state index contributed by atoms with van der Waals surface area (Å²) in [4.78, 5) is 14.3. The molecule has 0 spiro atoms. The highest BCUT2D eigenvalue weighted by Gasteiger charge is 2.03. The number of aromatic nitrogens is 1. The van der Waals surface area contributed by atoms with Gasteiger partial charge in [-0.1, -0.05) is 6.07 Å². The maximum absolute atomic E-state index is 10.5. The Hall–Kier alpha value is -2.43. The lowest BCUT2D eigenvalue weighted by Crippen LogP contribution is -2.00. The normalized spacial score (nSPS) is 10.1. The summed E-state index contributed by atoms with van der Waals surface area (Å²) in [6, 6.07) is 10.3. The maximum atomic E-state index is 10.5. The minimum absolute atomic E-state index is 0.0950. The number of non-ortho nitro benzene ring substituents is 1. The standard InChI is InChI=1S/C13H13N3O2/c1-10-2-3-11(8-14-10)9-15-12-4-6-13(7-5-12)16(17)18/h2-8,15H,9H2,1H3. The molecule has 2 rings (SSSR count). The van der Waals surface area contributed by atoms with Crippen molar-refractivity contribution in [3.05, 3.63) is 64.0 Å². The minimum atomic E-state index is -0.409. The van der Waals surface area contributed by atoms with Gasteiger partial charge in [0.25, 0.3) is 5.69 Å². The number of pyridine rings is 1. The van der Waals surface area contributed by atoms with Crippen molar-refractivity contribution in [1.29, 1.82) is 0 Å². The molecule has 5 heteroatoms.